The normalized spacial score (nSPS) is 16.2. The number of hydrogen-bond acceptors (Lipinski definition) is 2. The van der Waals surface area contributed by atoms with E-state index >= 15 is 0 Å². The van der Waals surface area contributed by atoms with Crippen molar-refractivity contribution in [3.05, 3.63) is 65.9 Å². The molecule has 0 aromatic heterocycles. The molecule has 0 N–H and O–H groups in total. The Bertz CT molecular complexity index is 587. The van der Waals surface area contributed by atoms with Crippen LogP contribution in [0.3, 0.4) is 0 Å². The van der Waals surface area contributed by atoms with Gasteiger partial charge >= 0.3 is 0 Å². The summed E-state index contributed by atoms with van der Waals surface area (Å²) in [5.41, 5.74) is 4.80. The van der Waals surface area contributed by atoms with Gasteiger partial charge in [0.25, 0.3) is 0 Å². The predicted molar refractivity (Wildman–Crippen MR) is 102 cm³/mol. The summed E-state index contributed by atoms with van der Waals surface area (Å²) in [7, 11) is 0. The molecule has 22 heavy (non-hydrogen) atoms. The third-order valence-electron chi connectivity index (χ3n) is 2.76. The zero-order valence-electron chi connectivity index (χ0n) is 14.7. The Morgan fingerprint density at radius 3 is 2.27 bits per heavy atom. The van der Waals surface area contributed by atoms with Gasteiger partial charge in [-0.3, -0.25) is 9.98 Å². The van der Waals surface area contributed by atoms with E-state index in [1.807, 2.05) is 84.2 Å². The van der Waals surface area contributed by atoms with Gasteiger partial charge in [-0.25, -0.2) is 0 Å². The number of benzene rings is 1. The minimum atomic E-state index is 0.892. The van der Waals surface area contributed by atoms with Gasteiger partial charge in [0.15, 0.2) is 0 Å². The highest BCUT2D eigenvalue weighted by molar-refractivity contribution is 6.05. The Balaban J connectivity index is 0.00000102. The van der Waals surface area contributed by atoms with Crippen LogP contribution in [0.15, 0.2) is 70.3 Å². The molecule has 2 nitrogen and oxygen atoms in total. The number of para-hydroxylation sites is 1. The highest BCUT2D eigenvalue weighted by atomic mass is 14.8. The Morgan fingerprint density at radius 2 is 1.68 bits per heavy atom. The first-order valence-electron chi connectivity index (χ1n) is 7.94. The van der Waals surface area contributed by atoms with Crippen LogP contribution in [0.25, 0.3) is 0 Å². The number of nitrogens with zero attached hydrogens (tertiary/aromatic N) is 2. The minimum absolute atomic E-state index is 0.892. The molecule has 2 heteroatoms. The summed E-state index contributed by atoms with van der Waals surface area (Å²) in [6.45, 7) is 15.8. The number of hydrogen-bond donors (Lipinski definition) is 0. The van der Waals surface area contributed by atoms with E-state index in [0.717, 1.165) is 28.2 Å². The molecule has 2 rings (SSSR count). The highest BCUT2D eigenvalue weighted by Crippen LogP contribution is 2.23. The molecule has 0 fully saturated rings. The van der Waals surface area contributed by atoms with Gasteiger partial charge in [-0.15, -0.1) is 0 Å². The van der Waals surface area contributed by atoms with E-state index < -0.39 is 0 Å². The van der Waals surface area contributed by atoms with Gasteiger partial charge in [0.05, 0.1) is 11.4 Å². The number of fused-ring (bicyclic) bond motifs is 1. The van der Waals surface area contributed by atoms with Crippen LogP contribution < -0.4 is 0 Å². The minimum Gasteiger partial charge on any atom is -0.255 e. The molecule has 0 amide bonds. The van der Waals surface area contributed by atoms with Crippen molar-refractivity contribution in [3.63, 3.8) is 0 Å². The van der Waals surface area contributed by atoms with Crippen LogP contribution >= 0.6 is 0 Å². The zero-order valence-corrected chi connectivity index (χ0v) is 14.7. The van der Waals surface area contributed by atoms with Crippen molar-refractivity contribution in [2.75, 3.05) is 0 Å². The van der Waals surface area contributed by atoms with Gasteiger partial charge < -0.3 is 0 Å². The van der Waals surface area contributed by atoms with Gasteiger partial charge in [0.1, 0.15) is 0 Å². The maximum Gasteiger partial charge on any atom is 0.0720 e. The fourth-order valence-electron chi connectivity index (χ4n) is 1.85. The smallest absolute Gasteiger partial charge is 0.0720 e. The molecule has 1 aliphatic heterocycles. The van der Waals surface area contributed by atoms with Gasteiger partial charge in [0, 0.05) is 23.1 Å². The number of aliphatic imine (C=N–C) groups is 2. The summed E-state index contributed by atoms with van der Waals surface area (Å²) in [5, 5.41) is 0. The summed E-state index contributed by atoms with van der Waals surface area (Å²) < 4.78 is 0. The SMILES string of the molecule is C=C/C1=C(\C=C/C)N=C(C)c2ccccc2N=C1.CC.CC. The van der Waals surface area contributed by atoms with Crippen molar-refractivity contribution in [1.82, 2.24) is 0 Å². The van der Waals surface area contributed by atoms with Crippen molar-refractivity contribution in [1.29, 1.82) is 0 Å². The first kappa shape index (κ1) is 19.8. The third-order valence-corrected chi connectivity index (χ3v) is 2.76. The van der Waals surface area contributed by atoms with E-state index in [-0.39, 0.29) is 0 Å². The van der Waals surface area contributed by atoms with Gasteiger partial charge in [-0.1, -0.05) is 64.6 Å². The van der Waals surface area contributed by atoms with Gasteiger partial charge in [-0.05, 0) is 26.0 Å². The summed E-state index contributed by atoms with van der Waals surface area (Å²) >= 11 is 0. The lowest BCUT2D eigenvalue weighted by Crippen LogP contribution is -2.00. The molecule has 0 spiro atoms. The zero-order chi connectivity index (χ0) is 17.0. The molecule has 118 valence electrons. The van der Waals surface area contributed by atoms with Gasteiger partial charge in [-0.2, -0.15) is 0 Å². The molecule has 1 aliphatic rings. The summed E-state index contributed by atoms with van der Waals surface area (Å²) in [6, 6.07) is 8.02. The molecular formula is C20H28N2. The first-order valence-corrected chi connectivity index (χ1v) is 7.94. The number of rotatable bonds is 2. The van der Waals surface area contributed by atoms with Crippen molar-refractivity contribution in [2.45, 2.75) is 41.5 Å². The average molecular weight is 296 g/mol. The van der Waals surface area contributed by atoms with Gasteiger partial charge in [0.2, 0.25) is 0 Å². The lowest BCUT2D eigenvalue weighted by molar-refractivity contribution is 1.33. The van der Waals surface area contributed by atoms with E-state index in [9.17, 15) is 0 Å². The molecular weight excluding hydrogens is 268 g/mol. The Morgan fingerprint density at radius 1 is 1.05 bits per heavy atom. The van der Waals surface area contributed by atoms with Crippen LogP contribution in [-0.2, 0) is 0 Å². The van der Waals surface area contributed by atoms with Crippen LogP contribution in [0.2, 0.25) is 0 Å². The Hall–Kier alpha value is -2.22. The van der Waals surface area contributed by atoms with Crippen LogP contribution in [0.1, 0.15) is 47.1 Å². The van der Waals surface area contributed by atoms with E-state index in [1.165, 1.54) is 0 Å². The third kappa shape index (κ3) is 5.28. The van der Waals surface area contributed by atoms with Crippen LogP contribution in [0.4, 0.5) is 5.69 Å². The van der Waals surface area contributed by atoms with Crippen LogP contribution in [0, 0.1) is 0 Å². The molecule has 1 aromatic carbocycles. The second-order valence-corrected chi connectivity index (χ2v) is 4.02. The standard InChI is InChI=1S/C16H16N2.2C2H6/c1-4-8-15-13(5-2)11-17-16-10-7-6-9-14(16)12(3)18-15;2*1-2/h4-11H,2H2,1,3H3;2*1-2H3/b8-4-,13-11?,14-12?,15-13-,17-11?,17-16?,18-12?,18-15?;;. The first-order chi connectivity index (χ1) is 10.8. The van der Waals surface area contributed by atoms with E-state index in [2.05, 4.69) is 16.6 Å². The highest BCUT2D eigenvalue weighted by Gasteiger charge is 2.08. The fraction of sp³-hybridized carbons (Fsp3) is 0.300. The Labute approximate surface area is 135 Å². The summed E-state index contributed by atoms with van der Waals surface area (Å²) in [4.78, 5) is 9.18. The van der Waals surface area contributed by atoms with E-state index in [1.54, 1.807) is 6.08 Å². The van der Waals surface area contributed by atoms with Crippen molar-refractivity contribution in [2.24, 2.45) is 9.98 Å². The monoisotopic (exact) mass is 296 g/mol. The lowest BCUT2D eigenvalue weighted by Gasteiger charge is -2.10. The molecule has 0 unspecified atom stereocenters. The molecule has 0 radical (unpaired) electrons. The van der Waals surface area contributed by atoms with Crippen LogP contribution in [-0.4, -0.2) is 11.9 Å². The lowest BCUT2D eigenvalue weighted by atomic mass is 10.1. The molecule has 0 bridgehead atoms. The van der Waals surface area contributed by atoms with Crippen LogP contribution in [0.5, 0.6) is 0 Å². The van der Waals surface area contributed by atoms with E-state index in [0.29, 0.717) is 0 Å². The maximum atomic E-state index is 4.67. The fourth-order valence-corrected chi connectivity index (χ4v) is 1.85. The van der Waals surface area contributed by atoms with E-state index in [4.69, 9.17) is 0 Å². The quantitative estimate of drug-likeness (QED) is 0.613. The summed E-state index contributed by atoms with van der Waals surface area (Å²) in [5.74, 6) is 0. The van der Waals surface area contributed by atoms with Crippen molar-refractivity contribution in [3.8, 4) is 0 Å². The van der Waals surface area contributed by atoms with Crippen molar-refractivity contribution < 1.29 is 0 Å². The maximum absolute atomic E-state index is 4.67. The second-order valence-electron chi connectivity index (χ2n) is 4.02. The second kappa shape index (κ2) is 11.4. The molecule has 0 aliphatic carbocycles. The molecule has 0 saturated heterocycles. The Kier molecular flexibility index (Phi) is 10.3. The molecule has 0 saturated carbocycles. The topological polar surface area (TPSA) is 24.7 Å². The number of allylic oxidation sites excluding steroid dienone is 4. The molecule has 1 aromatic rings. The predicted octanol–water partition coefficient (Wildman–Crippen LogP) is 6.28. The largest absolute Gasteiger partial charge is 0.255 e. The summed E-state index contributed by atoms with van der Waals surface area (Å²) in [6.07, 6.45) is 7.54. The molecule has 1 heterocycles. The van der Waals surface area contributed by atoms with Crippen molar-refractivity contribution >= 4 is 17.6 Å². The molecule has 0 atom stereocenters. The average Bonchev–Trinajstić information content (AvgIpc) is 2.58.